The maximum absolute atomic E-state index is 13.1. The molecule has 1 nitrogen and oxygen atoms in total. The normalized spacial score (nSPS) is 22.9. The van der Waals surface area contributed by atoms with Gasteiger partial charge in [0.2, 0.25) is 0 Å². The van der Waals surface area contributed by atoms with Gasteiger partial charge in [-0.3, -0.25) is 4.90 Å². The van der Waals surface area contributed by atoms with Crippen LogP contribution < -0.4 is 0 Å². The Balaban J connectivity index is 2.31. The van der Waals surface area contributed by atoms with Crippen molar-refractivity contribution in [3.63, 3.8) is 0 Å². The largest absolute Gasteiger partial charge is 0.299 e. The zero-order chi connectivity index (χ0) is 10.1. The van der Waals surface area contributed by atoms with Crippen molar-refractivity contribution in [3.05, 3.63) is 34.6 Å². The Morgan fingerprint density at radius 1 is 1.43 bits per heavy atom. The number of benzene rings is 1. The summed E-state index contributed by atoms with van der Waals surface area (Å²) in [5, 5.41) is 0.486. The van der Waals surface area contributed by atoms with E-state index in [0.717, 1.165) is 18.5 Å². The van der Waals surface area contributed by atoms with E-state index in [-0.39, 0.29) is 5.82 Å². The number of halogens is 2. The summed E-state index contributed by atoms with van der Waals surface area (Å²) in [6, 6.07) is 5.12. The molecule has 1 atom stereocenters. The number of likely N-dealkylation sites (tertiary alicyclic amines) is 1. The van der Waals surface area contributed by atoms with Crippen LogP contribution in [0, 0.1) is 5.82 Å². The van der Waals surface area contributed by atoms with E-state index >= 15 is 0 Å². The topological polar surface area (TPSA) is 3.24 Å². The van der Waals surface area contributed by atoms with Crippen molar-refractivity contribution in [3.8, 4) is 0 Å². The number of hydrogen-bond donors (Lipinski definition) is 0. The van der Waals surface area contributed by atoms with E-state index in [4.69, 9.17) is 11.6 Å². The maximum atomic E-state index is 13.1. The fourth-order valence-corrected chi connectivity index (χ4v) is 2.33. The summed E-state index contributed by atoms with van der Waals surface area (Å²) in [5.74, 6) is -0.243. The van der Waals surface area contributed by atoms with E-state index in [1.165, 1.54) is 12.5 Å². The van der Waals surface area contributed by atoms with Gasteiger partial charge in [0.05, 0.1) is 0 Å². The predicted molar refractivity (Wildman–Crippen MR) is 56.0 cm³/mol. The Hall–Kier alpha value is -0.600. The Kier molecular flexibility index (Phi) is 2.75. The highest BCUT2D eigenvalue weighted by atomic mass is 35.5. The van der Waals surface area contributed by atoms with Gasteiger partial charge >= 0.3 is 0 Å². The summed E-state index contributed by atoms with van der Waals surface area (Å²) in [4.78, 5) is 2.24. The molecule has 14 heavy (non-hydrogen) atoms. The minimum atomic E-state index is -0.243. The molecule has 0 spiro atoms. The fraction of sp³-hybridized carbons (Fsp3) is 0.455. The van der Waals surface area contributed by atoms with Gasteiger partial charge in [-0.15, -0.1) is 0 Å². The monoisotopic (exact) mass is 213 g/mol. The van der Waals surface area contributed by atoms with Crippen LogP contribution in [0.2, 0.25) is 5.02 Å². The standard InChI is InChI=1S/C11H13ClFN/c1-14-4-2-3-11(14)8-5-9(12)7-10(13)6-8/h5-7,11H,2-4H2,1H3. The first-order valence-electron chi connectivity index (χ1n) is 4.83. The summed E-state index contributed by atoms with van der Waals surface area (Å²) >= 11 is 5.82. The number of rotatable bonds is 1. The van der Waals surface area contributed by atoms with Crippen LogP contribution in [-0.4, -0.2) is 18.5 Å². The molecular weight excluding hydrogens is 201 g/mol. The number of hydrogen-bond acceptors (Lipinski definition) is 1. The van der Waals surface area contributed by atoms with Crippen molar-refractivity contribution in [2.45, 2.75) is 18.9 Å². The lowest BCUT2D eigenvalue weighted by atomic mass is 10.0. The van der Waals surface area contributed by atoms with Crippen molar-refractivity contribution >= 4 is 11.6 Å². The fourth-order valence-electron chi connectivity index (χ4n) is 2.10. The Bertz CT molecular complexity index is 320. The molecule has 0 bridgehead atoms. The summed E-state index contributed by atoms with van der Waals surface area (Å²) in [6.07, 6.45) is 2.27. The Labute approximate surface area is 88.5 Å². The van der Waals surface area contributed by atoms with Crippen LogP contribution in [0.4, 0.5) is 4.39 Å². The lowest BCUT2D eigenvalue weighted by Gasteiger charge is -2.19. The molecule has 0 N–H and O–H groups in total. The summed E-state index contributed by atoms with van der Waals surface area (Å²) < 4.78 is 13.1. The molecule has 1 aliphatic rings. The van der Waals surface area contributed by atoms with Crippen LogP contribution in [0.3, 0.4) is 0 Å². The molecule has 0 radical (unpaired) electrons. The van der Waals surface area contributed by atoms with Gasteiger partial charge in [-0.1, -0.05) is 11.6 Å². The van der Waals surface area contributed by atoms with Gasteiger partial charge in [-0.25, -0.2) is 4.39 Å². The van der Waals surface area contributed by atoms with Crippen LogP contribution in [0.5, 0.6) is 0 Å². The van der Waals surface area contributed by atoms with E-state index in [1.54, 1.807) is 6.07 Å². The smallest absolute Gasteiger partial charge is 0.125 e. The van der Waals surface area contributed by atoms with Crippen molar-refractivity contribution in [1.29, 1.82) is 0 Å². The lowest BCUT2D eigenvalue weighted by Crippen LogP contribution is -2.17. The van der Waals surface area contributed by atoms with E-state index in [9.17, 15) is 4.39 Å². The Morgan fingerprint density at radius 3 is 2.79 bits per heavy atom. The average molecular weight is 214 g/mol. The van der Waals surface area contributed by atoms with Gasteiger partial charge in [0, 0.05) is 11.1 Å². The van der Waals surface area contributed by atoms with E-state index in [2.05, 4.69) is 11.9 Å². The highest BCUT2D eigenvalue weighted by molar-refractivity contribution is 6.30. The first kappa shape index (κ1) is 9.94. The second-order valence-corrected chi connectivity index (χ2v) is 4.28. The summed E-state index contributed by atoms with van der Waals surface area (Å²) in [5.41, 5.74) is 0.995. The molecule has 1 saturated heterocycles. The first-order chi connectivity index (χ1) is 6.66. The lowest BCUT2D eigenvalue weighted by molar-refractivity contribution is 0.317. The zero-order valence-corrected chi connectivity index (χ0v) is 8.89. The number of nitrogens with zero attached hydrogens (tertiary/aromatic N) is 1. The summed E-state index contributed by atoms with van der Waals surface area (Å²) in [6.45, 7) is 1.08. The van der Waals surface area contributed by atoms with Crippen molar-refractivity contribution < 1.29 is 4.39 Å². The maximum Gasteiger partial charge on any atom is 0.125 e. The highest BCUT2D eigenvalue weighted by Crippen LogP contribution is 2.31. The molecule has 1 aromatic carbocycles. The molecule has 0 aliphatic carbocycles. The molecule has 1 aliphatic heterocycles. The molecule has 76 valence electrons. The molecule has 0 amide bonds. The molecule has 3 heteroatoms. The minimum absolute atomic E-state index is 0.243. The van der Waals surface area contributed by atoms with E-state index in [0.29, 0.717) is 11.1 Å². The van der Waals surface area contributed by atoms with Crippen LogP contribution >= 0.6 is 11.6 Å². The van der Waals surface area contributed by atoms with Gasteiger partial charge in [0.1, 0.15) is 5.82 Å². The van der Waals surface area contributed by atoms with Gasteiger partial charge in [-0.2, -0.15) is 0 Å². The van der Waals surface area contributed by atoms with Gasteiger partial charge < -0.3 is 0 Å². The van der Waals surface area contributed by atoms with Crippen molar-refractivity contribution in [1.82, 2.24) is 4.90 Å². The van der Waals surface area contributed by atoms with Crippen molar-refractivity contribution in [2.24, 2.45) is 0 Å². The molecule has 1 unspecified atom stereocenters. The molecular formula is C11H13ClFN. The highest BCUT2D eigenvalue weighted by Gasteiger charge is 2.22. The van der Waals surface area contributed by atoms with Gasteiger partial charge in [-0.05, 0) is 50.2 Å². The van der Waals surface area contributed by atoms with E-state index in [1.807, 2.05) is 6.07 Å². The molecule has 0 saturated carbocycles. The SMILES string of the molecule is CN1CCCC1c1cc(F)cc(Cl)c1. The molecule has 0 aromatic heterocycles. The second-order valence-electron chi connectivity index (χ2n) is 3.84. The zero-order valence-electron chi connectivity index (χ0n) is 8.13. The summed E-state index contributed by atoms with van der Waals surface area (Å²) in [7, 11) is 2.07. The predicted octanol–water partition coefficient (Wildman–Crippen LogP) is 3.25. The molecule has 2 rings (SSSR count). The first-order valence-corrected chi connectivity index (χ1v) is 5.21. The minimum Gasteiger partial charge on any atom is -0.299 e. The van der Waals surface area contributed by atoms with Gasteiger partial charge in [0.15, 0.2) is 0 Å². The quantitative estimate of drug-likeness (QED) is 0.692. The van der Waals surface area contributed by atoms with Crippen LogP contribution in [0.15, 0.2) is 18.2 Å². The third-order valence-electron chi connectivity index (χ3n) is 2.79. The Morgan fingerprint density at radius 2 is 2.21 bits per heavy atom. The third-order valence-corrected chi connectivity index (χ3v) is 3.01. The molecule has 1 heterocycles. The van der Waals surface area contributed by atoms with Crippen molar-refractivity contribution in [2.75, 3.05) is 13.6 Å². The average Bonchev–Trinajstić information content (AvgIpc) is 2.49. The molecule has 1 fully saturated rings. The second kappa shape index (κ2) is 3.87. The molecule has 1 aromatic rings. The van der Waals surface area contributed by atoms with Gasteiger partial charge in [0.25, 0.3) is 0 Å². The van der Waals surface area contributed by atoms with Crippen LogP contribution in [0.1, 0.15) is 24.4 Å². The van der Waals surface area contributed by atoms with E-state index < -0.39 is 0 Å². The van der Waals surface area contributed by atoms with Crippen LogP contribution in [0.25, 0.3) is 0 Å². The van der Waals surface area contributed by atoms with Crippen LogP contribution in [-0.2, 0) is 0 Å². The third kappa shape index (κ3) is 1.91.